The van der Waals surface area contributed by atoms with Crippen molar-refractivity contribution in [1.82, 2.24) is 5.32 Å². The van der Waals surface area contributed by atoms with Crippen molar-refractivity contribution in [1.29, 1.82) is 0 Å². The molecule has 0 aliphatic heterocycles. The van der Waals surface area contributed by atoms with Gasteiger partial charge in [-0.15, -0.1) is 11.8 Å². The predicted octanol–water partition coefficient (Wildman–Crippen LogP) is 4.01. The Balaban J connectivity index is 1.75. The number of carbonyl (C=O) groups excluding carboxylic acids is 1. The second-order valence-electron chi connectivity index (χ2n) is 6.40. The SMILES string of the molecule is COc1ccc(CSCC(=O)N[C@@H]2CCC[C@@H](C)[C@H]2C)cc1F. The topological polar surface area (TPSA) is 38.3 Å². The quantitative estimate of drug-likeness (QED) is 0.851. The highest BCUT2D eigenvalue weighted by Gasteiger charge is 2.27. The summed E-state index contributed by atoms with van der Waals surface area (Å²) in [6, 6.07) is 5.22. The van der Waals surface area contributed by atoms with Gasteiger partial charge in [-0.3, -0.25) is 4.79 Å². The minimum Gasteiger partial charge on any atom is -0.494 e. The molecule has 1 fully saturated rings. The van der Waals surface area contributed by atoms with Crippen LogP contribution >= 0.6 is 11.8 Å². The molecule has 128 valence electrons. The first-order valence-corrected chi connectivity index (χ1v) is 9.36. The van der Waals surface area contributed by atoms with Gasteiger partial charge in [-0.05, 0) is 36.0 Å². The van der Waals surface area contributed by atoms with Gasteiger partial charge in [0.1, 0.15) is 0 Å². The summed E-state index contributed by atoms with van der Waals surface area (Å²) in [6.07, 6.45) is 3.52. The predicted molar refractivity (Wildman–Crippen MR) is 93.2 cm³/mol. The molecule has 0 bridgehead atoms. The highest BCUT2D eigenvalue weighted by molar-refractivity contribution is 7.99. The van der Waals surface area contributed by atoms with E-state index in [1.54, 1.807) is 6.07 Å². The normalized spacial score (nSPS) is 24.3. The maximum absolute atomic E-state index is 13.6. The number of ether oxygens (including phenoxy) is 1. The van der Waals surface area contributed by atoms with Crippen LogP contribution < -0.4 is 10.1 Å². The fourth-order valence-electron chi connectivity index (χ4n) is 3.10. The molecule has 1 aromatic carbocycles. The van der Waals surface area contributed by atoms with Crippen LogP contribution in [0.1, 0.15) is 38.7 Å². The van der Waals surface area contributed by atoms with Crippen molar-refractivity contribution < 1.29 is 13.9 Å². The third-order valence-electron chi connectivity index (χ3n) is 4.77. The molecule has 0 unspecified atom stereocenters. The Labute approximate surface area is 142 Å². The van der Waals surface area contributed by atoms with Gasteiger partial charge < -0.3 is 10.1 Å². The fraction of sp³-hybridized carbons (Fsp3) is 0.611. The van der Waals surface area contributed by atoms with Crippen molar-refractivity contribution in [2.24, 2.45) is 11.8 Å². The second kappa shape index (κ2) is 8.57. The van der Waals surface area contributed by atoms with Gasteiger partial charge in [0.25, 0.3) is 0 Å². The number of benzene rings is 1. The first kappa shape index (κ1) is 18.1. The van der Waals surface area contributed by atoms with Gasteiger partial charge >= 0.3 is 0 Å². The van der Waals surface area contributed by atoms with Gasteiger partial charge in [-0.25, -0.2) is 4.39 Å². The summed E-state index contributed by atoms with van der Waals surface area (Å²) in [7, 11) is 1.45. The van der Waals surface area contributed by atoms with Crippen molar-refractivity contribution in [2.75, 3.05) is 12.9 Å². The zero-order chi connectivity index (χ0) is 16.8. The molecule has 0 aromatic heterocycles. The first-order chi connectivity index (χ1) is 11.0. The lowest BCUT2D eigenvalue weighted by Gasteiger charge is -2.34. The van der Waals surface area contributed by atoms with Crippen molar-refractivity contribution in [3.63, 3.8) is 0 Å². The maximum atomic E-state index is 13.6. The minimum atomic E-state index is -0.361. The molecular formula is C18H26FNO2S. The van der Waals surface area contributed by atoms with E-state index in [0.29, 0.717) is 29.4 Å². The lowest BCUT2D eigenvalue weighted by molar-refractivity contribution is -0.119. The molecule has 1 amide bonds. The Kier molecular flexibility index (Phi) is 6.75. The largest absolute Gasteiger partial charge is 0.494 e. The van der Waals surface area contributed by atoms with E-state index in [-0.39, 0.29) is 17.5 Å². The van der Waals surface area contributed by atoms with Crippen LogP contribution in [-0.2, 0) is 10.5 Å². The molecule has 0 spiro atoms. The number of amides is 1. The van der Waals surface area contributed by atoms with Crippen LogP contribution in [0.4, 0.5) is 4.39 Å². The summed E-state index contributed by atoms with van der Waals surface area (Å²) in [5, 5.41) is 3.16. The lowest BCUT2D eigenvalue weighted by Crippen LogP contribution is -2.44. The summed E-state index contributed by atoms with van der Waals surface area (Å²) in [5.74, 6) is 2.19. The number of thioether (sulfide) groups is 1. The molecule has 0 heterocycles. The second-order valence-corrected chi connectivity index (χ2v) is 7.39. The number of halogens is 1. The highest BCUT2D eigenvalue weighted by atomic mass is 32.2. The number of methoxy groups -OCH3 is 1. The van der Waals surface area contributed by atoms with Crippen molar-refractivity contribution in [2.45, 2.75) is 44.9 Å². The lowest BCUT2D eigenvalue weighted by atomic mass is 9.78. The smallest absolute Gasteiger partial charge is 0.230 e. The van der Waals surface area contributed by atoms with Gasteiger partial charge in [0.05, 0.1) is 12.9 Å². The van der Waals surface area contributed by atoms with E-state index in [0.717, 1.165) is 12.0 Å². The number of nitrogens with one attached hydrogen (secondary N) is 1. The maximum Gasteiger partial charge on any atom is 0.230 e. The van der Waals surface area contributed by atoms with Crippen LogP contribution in [0.3, 0.4) is 0 Å². The molecule has 3 atom stereocenters. The average molecular weight is 339 g/mol. The molecule has 5 heteroatoms. The standard InChI is InChI=1S/C18H26FNO2S/c1-12-5-4-6-16(13(12)2)20-18(21)11-23-10-14-7-8-17(22-3)15(19)9-14/h7-9,12-13,16H,4-6,10-11H2,1-3H3,(H,20,21)/t12-,13-,16-/m1/s1. The van der Waals surface area contributed by atoms with E-state index in [9.17, 15) is 9.18 Å². The van der Waals surface area contributed by atoms with Crippen molar-refractivity contribution in [3.8, 4) is 5.75 Å². The van der Waals surface area contributed by atoms with E-state index in [4.69, 9.17) is 4.74 Å². The molecule has 1 aliphatic carbocycles. The molecule has 0 radical (unpaired) electrons. The van der Waals surface area contributed by atoms with Gasteiger partial charge in [0.15, 0.2) is 11.6 Å². The molecule has 1 saturated carbocycles. The molecule has 23 heavy (non-hydrogen) atoms. The summed E-state index contributed by atoms with van der Waals surface area (Å²) >= 11 is 1.51. The van der Waals surface area contributed by atoms with Crippen molar-refractivity contribution in [3.05, 3.63) is 29.6 Å². The van der Waals surface area contributed by atoms with E-state index >= 15 is 0 Å². The van der Waals surface area contributed by atoms with Crippen LogP contribution in [0.15, 0.2) is 18.2 Å². The zero-order valence-corrected chi connectivity index (χ0v) is 14.9. The van der Waals surface area contributed by atoms with E-state index < -0.39 is 0 Å². The molecule has 0 saturated heterocycles. The monoisotopic (exact) mass is 339 g/mol. The summed E-state index contributed by atoms with van der Waals surface area (Å²) in [5.41, 5.74) is 0.862. The third-order valence-corrected chi connectivity index (χ3v) is 5.78. The Hall–Kier alpha value is -1.23. The first-order valence-electron chi connectivity index (χ1n) is 8.20. The Morgan fingerprint density at radius 2 is 2.17 bits per heavy atom. The Bertz CT molecular complexity index is 538. The van der Waals surface area contributed by atoms with Crippen LogP contribution in [0.25, 0.3) is 0 Å². The van der Waals surface area contributed by atoms with Crippen LogP contribution in [0.2, 0.25) is 0 Å². The molecule has 3 nitrogen and oxygen atoms in total. The highest BCUT2D eigenvalue weighted by Crippen LogP contribution is 2.29. The van der Waals surface area contributed by atoms with E-state index in [1.807, 2.05) is 6.07 Å². The summed E-state index contributed by atoms with van der Waals surface area (Å²) in [6.45, 7) is 4.48. The van der Waals surface area contributed by atoms with Gasteiger partial charge in [-0.1, -0.05) is 32.8 Å². The summed E-state index contributed by atoms with van der Waals surface area (Å²) < 4.78 is 18.5. The van der Waals surface area contributed by atoms with Gasteiger partial charge in [0.2, 0.25) is 5.91 Å². The van der Waals surface area contributed by atoms with Crippen molar-refractivity contribution >= 4 is 17.7 Å². The number of carbonyl (C=O) groups is 1. The van der Waals surface area contributed by atoms with E-state index in [2.05, 4.69) is 19.2 Å². The molecule has 1 aliphatic rings. The van der Waals surface area contributed by atoms with Gasteiger partial charge in [0, 0.05) is 11.8 Å². The fourth-order valence-corrected chi connectivity index (χ4v) is 3.88. The number of hydrogen-bond acceptors (Lipinski definition) is 3. The molecule has 1 aromatic rings. The van der Waals surface area contributed by atoms with Crippen LogP contribution in [-0.4, -0.2) is 24.8 Å². The van der Waals surface area contributed by atoms with E-state index in [1.165, 1.54) is 37.8 Å². The van der Waals surface area contributed by atoms with Gasteiger partial charge in [-0.2, -0.15) is 0 Å². The number of hydrogen-bond donors (Lipinski definition) is 1. The Morgan fingerprint density at radius 1 is 1.39 bits per heavy atom. The minimum absolute atomic E-state index is 0.0786. The average Bonchev–Trinajstić information content (AvgIpc) is 2.52. The molecular weight excluding hydrogens is 313 g/mol. The Morgan fingerprint density at radius 3 is 2.87 bits per heavy atom. The zero-order valence-electron chi connectivity index (χ0n) is 14.1. The molecule has 2 rings (SSSR count). The summed E-state index contributed by atoms with van der Waals surface area (Å²) in [4.78, 5) is 12.1. The third kappa shape index (κ3) is 5.13. The molecule has 1 N–H and O–H groups in total. The van der Waals surface area contributed by atoms with Crippen LogP contribution in [0.5, 0.6) is 5.75 Å². The number of rotatable bonds is 6. The van der Waals surface area contributed by atoms with Crippen LogP contribution in [0, 0.1) is 17.7 Å².